The number of nitrogens with one attached hydrogen (secondary N) is 1. The lowest BCUT2D eigenvalue weighted by atomic mass is 10.2. The van der Waals surface area contributed by atoms with Gasteiger partial charge in [0.15, 0.2) is 0 Å². The van der Waals surface area contributed by atoms with Crippen LogP contribution in [0.1, 0.15) is 18.4 Å². The average molecular weight is 421 g/mol. The Hall–Kier alpha value is -2.43. The van der Waals surface area contributed by atoms with Gasteiger partial charge in [0.2, 0.25) is 10.0 Å². The Balaban J connectivity index is 1.81. The molecule has 0 unspecified atom stereocenters. The first kappa shape index (κ1) is 20.3. The molecule has 1 aliphatic heterocycles. The summed E-state index contributed by atoms with van der Waals surface area (Å²) in [5.41, 5.74) is 3.26. The van der Waals surface area contributed by atoms with E-state index in [2.05, 4.69) is 10.5 Å². The molecule has 0 aromatic heterocycles. The Morgan fingerprint density at radius 1 is 1.18 bits per heavy atom. The zero-order chi connectivity index (χ0) is 20.1. The minimum absolute atomic E-state index is 0.0803. The summed E-state index contributed by atoms with van der Waals surface area (Å²) in [7, 11) is -3.72. The van der Waals surface area contributed by atoms with E-state index in [1.54, 1.807) is 18.0 Å². The highest BCUT2D eigenvalue weighted by Crippen LogP contribution is 2.30. The zero-order valence-corrected chi connectivity index (χ0v) is 16.9. The van der Waals surface area contributed by atoms with Crippen molar-refractivity contribution in [3.05, 3.63) is 58.1 Å². The summed E-state index contributed by atoms with van der Waals surface area (Å²) < 4.78 is 26.6. The lowest BCUT2D eigenvalue weighted by Gasteiger charge is -2.15. The molecule has 0 spiro atoms. The van der Waals surface area contributed by atoms with Crippen LogP contribution in [0.3, 0.4) is 0 Å². The summed E-state index contributed by atoms with van der Waals surface area (Å²) in [5, 5.41) is 15.5. The Morgan fingerprint density at radius 2 is 1.86 bits per heavy atom. The predicted octanol–water partition coefficient (Wildman–Crippen LogP) is 3.55. The molecule has 3 rings (SSSR count). The third kappa shape index (κ3) is 4.51. The number of anilines is 1. The third-order valence-corrected chi connectivity index (χ3v) is 7.02. The lowest BCUT2D eigenvalue weighted by Crippen LogP contribution is -2.27. The molecule has 8 nitrogen and oxygen atoms in total. The van der Waals surface area contributed by atoms with Gasteiger partial charge in [0.25, 0.3) is 5.69 Å². The maximum absolute atomic E-state index is 12.6. The topological polar surface area (TPSA) is 105 Å². The number of hydrazone groups is 1. The molecule has 1 N–H and O–H groups in total. The molecule has 1 aliphatic rings. The van der Waals surface area contributed by atoms with E-state index >= 15 is 0 Å². The number of hydrogen-bond acceptors (Lipinski definition) is 7. The van der Waals surface area contributed by atoms with Gasteiger partial charge in [-0.25, -0.2) is 8.42 Å². The van der Waals surface area contributed by atoms with Gasteiger partial charge in [-0.05, 0) is 48.9 Å². The molecule has 2 aromatic carbocycles. The molecule has 28 heavy (non-hydrogen) atoms. The number of nitro groups is 1. The molecule has 0 atom stereocenters. The second-order valence-electron chi connectivity index (χ2n) is 6.19. The molecule has 0 radical (unpaired) electrons. The first-order chi connectivity index (χ1) is 13.4. The van der Waals surface area contributed by atoms with Crippen molar-refractivity contribution in [3.8, 4) is 0 Å². The summed E-state index contributed by atoms with van der Waals surface area (Å²) in [6.45, 7) is 0.880. The second-order valence-corrected chi connectivity index (χ2v) is 9.01. The van der Waals surface area contributed by atoms with Crippen molar-refractivity contribution in [1.82, 2.24) is 4.31 Å². The van der Waals surface area contributed by atoms with E-state index in [-0.39, 0.29) is 16.3 Å². The van der Waals surface area contributed by atoms with Gasteiger partial charge in [0.1, 0.15) is 5.69 Å². The van der Waals surface area contributed by atoms with Crippen molar-refractivity contribution in [2.24, 2.45) is 5.10 Å². The zero-order valence-electron chi connectivity index (χ0n) is 15.2. The van der Waals surface area contributed by atoms with E-state index in [1.807, 2.05) is 30.5 Å². The molecule has 2 aromatic rings. The van der Waals surface area contributed by atoms with Gasteiger partial charge in [-0.15, -0.1) is 11.8 Å². The summed E-state index contributed by atoms with van der Waals surface area (Å²) in [6.07, 6.45) is 5.13. The van der Waals surface area contributed by atoms with Gasteiger partial charge in [-0.3, -0.25) is 15.5 Å². The van der Waals surface area contributed by atoms with Gasteiger partial charge in [0, 0.05) is 24.1 Å². The number of thioether (sulfide) groups is 1. The molecule has 1 saturated heterocycles. The normalized spacial score (nSPS) is 15.2. The number of sulfonamides is 1. The van der Waals surface area contributed by atoms with E-state index in [9.17, 15) is 18.5 Å². The molecular formula is C18H20N4O4S2. The van der Waals surface area contributed by atoms with Crippen LogP contribution in [0.2, 0.25) is 0 Å². The molecule has 1 heterocycles. The number of hydrogen-bond donors (Lipinski definition) is 1. The van der Waals surface area contributed by atoms with E-state index in [1.165, 1.54) is 16.4 Å². The number of nitro benzene ring substituents is 1. The summed E-state index contributed by atoms with van der Waals surface area (Å²) in [5.74, 6) is 0. The molecule has 10 heteroatoms. The fourth-order valence-corrected chi connectivity index (χ4v) is 4.81. The average Bonchev–Trinajstić information content (AvgIpc) is 3.24. The Bertz CT molecular complexity index is 985. The van der Waals surface area contributed by atoms with Gasteiger partial charge >= 0.3 is 0 Å². The SMILES string of the molecule is CSc1ccc(C=NNc2ccc(S(=O)(=O)N3CCCC3)cc2[N+](=O)[O-])cc1. The minimum atomic E-state index is -3.72. The first-order valence-corrected chi connectivity index (χ1v) is 11.3. The van der Waals surface area contributed by atoms with Crippen LogP contribution in [-0.4, -0.2) is 43.2 Å². The van der Waals surface area contributed by atoms with Crippen LogP contribution < -0.4 is 5.43 Å². The van der Waals surface area contributed by atoms with E-state index < -0.39 is 14.9 Å². The molecule has 0 saturated carbocycles. The fraction of sp³-hybridized carbons (Fsp3) is 0.278. The molecule has 0 aliphatic carbocycles. The largest absolute Gasteiger partial charge is 0.295 e. The van der Waals surface area contributed by atoms with Gasteiger partial charge in [-0.1, -0.05) is 12.1 Å². The summed E-state index contributed by atoms with van der Waals surface area (Å²) in [6, 6.07) is 11.5. The van der Waals surface area contributed by atoms with Crippen molar-refractivity contribution in [1.29, 1.82) is 0 Å². The number of nitrogens with zero attached hydrogens (tertiary/aromatic N) is 3. The van der Waals surface area contributed by atoms with Gasteiger partial charge in [0.05, 0.1) is 16.0 Å². The molecule has 1 fully saturated rings. The van der Waals surface area contributed by atoms with Crippen molar-refractivity contribution in [2.45, 2.75) is 22.6 Å². The van der Waals surface area contributed by atoms with Crippen LogP contribution >= 0.6 is 11.8 Å². The Kier molecular flexibility index (Phi) is 6.32. The summed E-state index contributed by atoms with van der Waals surface area (Å²) >= 11 is 1.63. The van der Waals surface area contributed by atoms with Crippen LogP contribution in [0.5, 0.6) is 0 Å². The minimum Gasteiger partial charge on any atom is -0.272 e. The molecule has 148 valence electrons. The van der Waals surface area contributed by atoms with Crippen molar-refractivity contribution < 1.29 is 13.3 Å². The van der Waals surface area contributed by atoms with E-state index in [0.29, 0.717) is 13.1 Å². The van der Waals surface area contributed by atoms with Crippen LogP contribution in [0.25, 0.3) is 0 Å². The smallest absolute Gasteiger partial charge is 0.272 e. The van der Waals surface area contributed by atoms with Crippen LogP contribution in [0.4, 0.5) is 11.4 Å². The van der Waals surface area contributed by atoms with Crippen LogP contribution in [-0.2, 0) is 10.0 Å². The maximum Gasteiger partial charge on any atom is 0.295 e. The lowest BCUT2D eigenvalue weighted by molar-refractivity contribution is -0.384. The highest BCUT2D eigenvalue weighted by Gasteiger charge is 2.29. The summed E-state index contributed by atoms with van der Waals surface area (Å²) in [4.78, 5) is 11.9. The monoisotopic (exact) mass is 420 g/mol. The Labute approximate surface area is 167 Å². The van der Waals surface area contributed by atoms with Crippen molar-refractivity contribution >= 4 is 39.4 Å². The predicted molar refractivity (Wildman–Crippen MR) is 111 cm³/mol. The highest BCUT2D eigenvalue weighted by atomic mass is 32.2. The molecular weight excluding hydrogens is 400 g/mol. The van der Waals surface area contributed by atoms with E-state index in [4.69, 9.17) is 0 Å². The molecule has 0 bridgehead atoms. The van der Waals surface area contributed by atoms with E-state index in [0.717, 1.165) is 29.4 Å². The van der Waals surface area contributed by atoms with Crippen molar-refractivity contribution in [3.63, 3.8) is 0 Å². The quantitative estimate of drug-likeness (QED) is 0.318. The second kappa shape index (κ2) is 8.72. The number of benzene rings is 2. The van der Waals surface area contributed by atoms with Crippen LogP contribution in [0, 0.1) is 10.1 Å². The number of rotatable bonds is 7. The maximum atomic E-state index is 12.6. The Morgan fingerprint density at radius 3 is 2.46 bits per heavy atom. The molecule has 0 amide bonds. The first-order valence-electron chi connectivity index (χ1n) is 8.63. The van der Waals surface area contributed by atoms with Crippen molar-refractivity contribution in [2.75, 3.05) is 24.8 Å². The highest BCUT2D eigenvalue weighted by molar-refractivity contribution is 7.98. The third-order valence-electron chi connectivity index (χ3n) is 4.38. The fourth-order valence-electron chi connectivity index (χ4n) is 2.86. The van der Waals surface area contributed by atoms with Crippen LogP contribution in [0.15, 0.2) is 57.4 Å². The van der Waals surface area contributed by atoms with Gasteiger partial charge in [-0.2, -0.15) is 9.41 Å². The standard InChI is InChI=1S/C18H20N4O4S2/c1-27-15-6-4-14(5-7-15)13-19-20-17-9-8-16(12-18(17)22(23)24)28(25,26)21-10-2-3-11-21/h4-9,12-13,20H,2-3,10-11H2,1H3. The van der Waals surface area contributed by atoms with Gasteiger partial charge < -0.3 is 0 Å².